The maximum atomic E-state index is 11.9. The number of nitrogens with zero attached hydrogens (tertiary/aromatic N) is 1. The molecule has 0 atom stereocenters. The summed E-state index contributed by atoms with van der Waals surface area (Å²) in [4.78, 5) is 12.5. The van der Waals surface area contributed by atoms with Gasteiger partial charge in [0.25, 0.3) is 0 Å². The molecular formula is C7H14F3NOSi. The van der Waals surface area contributed by atoms with Crippen LogP contribution in [0.15, 0.2) is 0 Å². The van der Waals surface area contributed by atoms with E-state index < -0.39 is 21.0 Å². The average Bonchev–Trinajstić information content (AvgIpc) is 2.02. The number of carbonyl (C=O) groups is 1. The van der Waals surface area contributed by atoms with E-state index in [9.17, 15) is 17.1 Å². The highest BCUT2D eigenvalue weighted by Gasteiger charge is 2.37. The normalized spacial score (nSPS) is 11.5. The van der Waals surface area contributed by atoms with Gasteiger partial charge < -0.3 is 4.90 Å². The van der Waals surface area contributed by atoms with Crippen LogP contribution in [-0.4, -0.2) is 33.0 Å². The lowest BCUT2D eigenvalue weighted by Crippen LogP contribution is -2.31. The van der Waals surface area contributed by atoms with Gasteiger partial charge in [-0.3, -0.25) is 4.79 Å². The average molecular weight is 213 g/mol. The molecule has 0 radical (unpaired) electrons. The number of amides is 1. The van der Waals surface area contributed by atoms with Crippen molar-refractivity contribution in [3.05, 3.63) is 0 Å². The van der Waals surface area contributed by atoms with Crippen LogP contribution in [0.2, 0.25) is 6.04 Å². The van der Waals surface area contributed by atoms with Crippen molar-refractivity contribution in [2.24, 2.45) is 0 Å². The summed E-state index contributed by atoms with van der Waals surface area (Å²) < 4.78 is 35.6. The van der Waals surface area contributed by atoms with Crippen molar-refractivity contribution in [3.63, 3.8) is 0 Å². The predicted octanol–water partition coefficient (Wildman–Crippen LogP) is 2.09. The van der Waals surface area contributed by atoms with Crippen molar-refractivity contribution in [1.29, 1.82) is 0 Å². The zero-order valence-corrected chi connectivity index (χ0v) is 8.82. The number of hydrogen-bond acceptors (Lipinski definition) is 1. The molecule has 0 heterocycles. The molecule has 0 bridgehead atoms. The Balaban J connectivity index is 3.86. The van der Waals surface area contributed by atoms with Crippen LogP contribution in [0.3, 0.4) is 0 Å². The molecule has 0 aliphatic rings. The van der Waals surface area contributed by atoms with E-state index in [1.807, 2.05) is 0 Å². The van der Waals surface area contributed by atoms with Crippen molar-refractivity contribution < 1.29 is 17.1 Å². The van der Waals surface area contributed by atoms with Gasteiger partial charge in [0.2, 0.25) is 5.91 Å². The summed E-state index contributed by atoms with van der Waals surface area (Å²) in [6, 6.07) is -0.887. The van der Waals surface area contributed by atoms with Crippen molar-refractivity contribution in [1.82, 2.24) is 4.90 Å². The van der Waals surface area contributed by atoms with Crippen LogP contribution in [0.25, 0.3) is 0 Å². The van der Waals surface area contributed by atoms with Crippen molar-refractivity contribution in [2.45, 2.75) is 26.3 Å². The number of carbonyl (C=O) groups excluding carboxylic acids is 1. The van der Waals surface area contributed by atoms with E-state index in [4.69, 9.17) is 0 Å². The number of rotatable bonds is 5. The van der Waals surface area contributed by atoms with Gasteiger partial charge in [-0.05, 0) is 13.8 Å². The minimum Gasteiger partial charge on any atom is -0.343 e. The minimum absolute atomic E-state index is 0.378. The van der Waals surface area contributed by atoms with Crippen LogP contribution >= 0.6 is 0 Å². The van der Waals surface area contributed by atoms with Gasteiger partial charge in [0.1, 0.15) is 0 Å². The molecule has 78 valence electrons. The topological polar surface area (TPSA) is 20.3 Å². The molecule has 1 amide bonds. The summed E-state index contributed by atoms with van der Waals surface area (Å²) in [5.74, 6) is -0.394. The van der Waals surface area contributed by atoms with Gasteiger partial charge in [-0.1, -0.05) is 0 Å². The molecule has 0 aromatic rings. The van der Waals surface area contributed by atoms with Gasteiger partial charge in [-0.25, -0.2) is 12.3 Å². The number of hydrogen-bond donors (Lipinski definition) is 0. The largest absolute Gasteiger partial charge is 0.616 e. The van der Waals surface area contributed by atoms with E-state index in [1.54, 1.807) is 13.8 Å². The SMILES string of the molecule is CCN(CC)C(=O)CC[Si](F)(F)F. The minimum atomic E-state index is -5.54. The van der Waals surface area contributed by atoms with Crippen LogP contribution in [-0.2, 0) is 4.79 Å². The molecule has 0 saturated carbocycles. The van der Waals surface area contributed by atoms with Gasteiger partial charge in [-0.15, -0.1) is 0 Å². The Kier molecular flexibility index (Phi) is 5.05. The zero-order chi connectivity index (χ0) is 10.5. The molecule has 0 saturated heterocycles. The molecule has 0 aromatic carbocycles. The quantitative estimate of drug-likeness (QED) is 0.506. The summed E-state index contributed by atoms with van der Waals surface area (Å²) in [7, 11) is -5.54. The molecule has 0 aromatic heterocycles. The van der Waals surface area contributed by atoms with E-state index in [1.165, 1.54) is 4.90 Å². The van der Waals surface area contributed by atoms with Gasteiger partial charge in [-0.2, -0.15) is 0 Å². The third kappa shape index (κ3) is 5.68. The smallest absolute Gasteiger partial charge is 0.343 e. The van der Waals surface area contributed by atoms with Crippen LogP contribution in [0.4, 0.5) is 12.3 Å². The lowest BCUT2D eigenvalue weighted by Gasteiger charge is -2.18. The molecule has 2 nitrogen and oxygen atoms in total. The third-order valence-corrected chi connectivity index (χ3v) is 2.56. The first-order valence-electron chi connectivity index (χ1n) is 4.25. The van der Waals surface area contributed by atoms with Crippen molar-refractivity contribution in [3.8, 4) is 0 Å². The van der Waals surface area contributed by atoms with E-state index >= 15 is 0 Å². The third-order valence-electron chi connectivity index (χ3n) is 1.74. The molecule has 0 rings (SSSR count). The lowest BCUT2D eigenvalue weighted by molar-refractivity contribution is -0.130. The van der Waals surface area contributed by atoms with Crippen molar-refractivity contribution in [2.75, 3.05) is 13.1 Å². The van der Waals surface area contributed by atoms with Gasteiger partial charge in [0.05, 0.1) is 0 Å². The highest BCUT2D eigenvalue weighted by molar-refractivity contribution is 6.58. The zero-order valence-electron chi connectivity index (χ0n) is 7.82. The maximum Gasteiger partial charge on any atom is 0.616 e. The Morgan fingerprint density at radius 1 is 1.23 bits per heavy atom. The fourth-order valence-electron chi connectivity index (χ4n) is 0.983. The van der Waals surface area contributed by atoms with E-state index in [2.05, 4.69) is 0 Å². The molecule has 0 aliphatic heterocycles. The highest BCUT2D eigenvalue weighted by Crippen LogP contribution is 2.17. The maximum absolute atomic E-state index is 11.9. The van der Waals surface area contributed by atoms with Gasteiger partial charge >= 0.3 is 9.08 Å². The van der Waals surface area contributed by atoms with Crippen LogP contribution in [0.1, 0.15) is 20.3 Å². The molecular weight excluding hydrogens is 199 g/mol. The monoisotopic (exact) mass is 213 g/mol. The second-order valence-corrected chi connectivity index (χ2v) is 4.41. The Morgan fingerprint density at radius 3 is 2.00 bits per heavy atom. The van der Waals surface area contributed by atoms with Gasteiger partial charge in [0, 0.05) is 25.6 Å². The Hall–Kier alpha value is -0.523. The van der Waals surface area contributed by atoms with E-state index in [0.29, 0.717) is 13.1 Å². The second-order valence-electron chi connectivity index (χ2n) is 2.68. The fraction of sp³-hybridized carbons (Fsp3) is 0.857. The molecule has 6 heteroatoms. The Bertz CT molecular complexity index is 168. The molecule has 13 heavy (non-hydrogen) atoms. The molecule has 0 aliphatic carbocycles. The molecule has 0 unspecified atom stereocenters. The van der Waals surface area contributed by atoms with Crippen LogP contribution < -0.4 is 0 Å². The molecule has 0 N–H and O–H groups in total. The molecule has 0 spiro atoms. The Labute approximate surface area is 77.3 Å². The summed E-state index contributed by atoms with van der Waals surface area (Å²) in [6.45, 7) is 4.47. The van der Waals surface area contributed by atoms with Crippen LogP contribution in [0.5, 0.6) is 0 Å². The summed E-state index contributed by atoms with van der Waals surface area (Å²) in [6.07, 6.45) is -0.378. The van der Waals surface area contributed by atoms with Gasteiger partial charge in [0.15, 0.2) is 0 Å². The summed E-state index contributed by atoms with van der Waals surface area (Å²) >= 11 is 0. The highest BCUT2D eigenvalue weighted by atomic mass is 28.5. The van der Waals surface area contributed by atoms with Crippen molar-refractivity contribution >= 4 is 15.0 Å². The second kappa shape index (κ2) is 5.26. The lowest BCUT2D eigenvalue weighted by atomic mass is 10.4. The fourth-order valence-corrected chi connectivity index (χ4v) is 1.48. The summed E-state index contributed by atoms with van der Waals surface area (Å²) in [5, 5.41) is 0. The Morgan fingerprint density at radius 2 is 1.69 bits per heavy atom. The molecule has 0 fully saturated rings. The van der Waals surface area contributed by atoms with E-state index in [-0.39, 0.29) is 6.42 Å². The summed E-state index contributed by atoms with van der Waals surface area (Å²) in [5.41, 5.74) is 0. The standard InChI is InChI=1S/C7H14F3NOSi/c1-3-11(4-2)7(12)5-6-13(8,9)10/h3-6H2,1-2H3. The first-order valence-corrected chi connectivity index (χ1v) is 6.09. The van der Waals surface area contributed by atoms with Crippen LogP contribution in [0, 0.1) is 0 Å². The predicted molar refractivity (Wildman–Crippen MR) is 46.4 cm³/mol. The number of halogens is 3. The van der Waals surface area contributed by atoms with E-state index in [0.717, 1.165) is 0 Å². The first kappa shape index (κ1) is 12.5. The first-order chi connectivity index (χ1) is 5.90.